The number of carbonyl (C=O) groups is 1. The zero-order valence-corrected chi connectivity index (χ0v) is 11.6. The van der Waals surface area contributed by atoms with E-state index in [1.54, 1.807) is 24.3 Å². The van der Waals surface area contributed by atoms with Crippen molar-refractivity contribution in [3.8, 4) is 0 Å². The molecule has 3 aromatic carbocycles. The minimum atomic E-state index is -0.260. The number of aromatic amines is 1. The van der Waals surface area contributed by atoms with Crippen molar-refractivity contribution >= 4 is 27.6 Å². The van der Waals surface area contributed by atoms with Crippen LogP contribution in [0.3, 0.4) is 0 Å². The maximum absolute atomic E-state index is 12.9. The molecule has 22 heavy (non-hydrogen) atoms. The molecule has 0 atom stereocenters. The highest BCUT2D eigenvalue weighted by molar-refractivity contribution is 6.10. The third kappa shape index (κ3) is 1.78. The highest BCUT2D eigenvalue weighted by Gasteiger charge is 2.16. The number of hydrogen-bond donors (Lipinski definition) is 1. The van der Waals surface area contributed by atoms with Crippen molar-refractivity contribution in [2.75, 3.05) is 0 Å². The second-order valence-corrected chi connectivity index (χ2v) is 5.13. The first-order valence-corrected chi connectivity index (χ1v) is 6.98. The van der Waals surface area contributed by atoms with Gasteiger partial charge in [0.05, 0.1) is 10.9 Å². The van der Waals surface area contributed by atoms with Crippen molar-refractivity contribution < 1.29 is 4.79 Å². The quantitative estimate of drug-likeness (QED) is 0.585. The average Bonchev–Trinajstić information content (AvgIpc) is 2.91. The molecular formula is C18H12N2O2. The van der Waals surface area contributed by atoms with E-state index in [-0.39, 0.29) is 11.5 Å². The molecule has 0 aliphatic carbocycles. The largest absolute Gasteiger partial charge is 0.277 e. The minimum absolute atomic E-state index is 0.241. The minimum Gasteiger partial charge on any atom is -0.267 e. The summed E-state index contributed by atoms with van der Waals surface area (Å²) in [6.07, 6.45) is 0. The van der Waals surface area contributed by atoms with Crippen molar-refractivity contribution in [2.24, 2.45) is 0 Å². The van der Waals surface area contributed by atoms with Crippen LogP contribution in [0.25, 0.3) is 21.7 Å². The number of hydrogen-bond acceptors (Lipinski definition) is 2. The molecule has 106 valence electrons. The predicted octanol–water partition coefficient (Wildman–Crippen LogP) is 3.17. The van der Waals surface area contributed by atoms with Gasteiger partial charge in [-0.1, -0.05) is 48.5 Å². The van der Waals surface area contributed by atoms with Gasteiger partial charge in [0.15, 0.2) is 0 Å². The average molecular weight is 288 g/mol. The Balaban J connectivity index is 1.99. The maximum Gasteiger partial charge on any atom is 0.277 e. The summed E-state index contributed by atoms with van der Waals surface area (Å²) in [5.41, 5.74) is 0.893. The van der Waals surface area contributed by atoms with Crippen LogP contribution in [0.1, 0.15) is 10.4 Å². The summed E-state index contributed by atoms with van der Waals surface area (Å²) in [5, 5.41) is 5.00. The Morgan fingerprint density at radius 1 is 0.818 bits per heavy atom. The van der Waals surface area contributed by atoms with E-state index in [4.69, 9.17) is 0 Å². The van der Waals surface area contributed by atoms with Gasteiger partial charge in [-0.25, -0.2) is 4.68 Å². The van der Waals surface area contributed by atoms with Crippen LogP contribution in [0.5, 0.6) is 0 Å². The molecule has 0 fully saturated rings. The molecule has 0 unspecified atom stereocenters. The van der Waals surface area contributed by atoms with E-state index in [9.17, 15) is 9.59 Å². The van der Waals surface area contributed by atoms with E-state index in [1.807, 2.05) is 42.5 Å². The zero-order valence-electron chi connectivity index (χ0n) is 11.6. The van der Waals surface area contributed by atoms with Gasteiger partial charge in [-0.2, -0.15) is 0 Å². The summed E-state index contributed by atoms with van der Waals surface area (Å²) < 4.78 is 1.32. The number of rotatable bonds is 1. The van der Waals surface area contributed by atoms with Gasteiger partial charge >= 0.3 is 0 Å². The molecule has 4 heteroatoms. The molecule has 1 aromatic heterocycles. The van der Waals surface area contributed by atoms with Crippen LogP contribution in [0, 0.1) is 0 Å². The fraction of sp³-hybridized carbons (Fsp3) is 0. The molecular weight excluding hydrogens is 276 g/mol. The number of H-pyrrole nitrogens is 1. The Morgan fingerprint density at radius 3 is 2.36 bits per heavy atom. The fourth-order valence-corrected chi connectivity index (χ4v) is 2.78. The standard InChI is InChI=1S/C18H12N2O2/c21-17-15-9-3-4-11-16(15)20(19-17)18(22)14-10-5-7-12-6-1-2-8-13(12)14/h1-11H,(H,19,21). The Labute approximate surface area is 125 Å². The number of para-hydroxylation sites is 1. The molecule has 4 aromatic rings. The number of nitrogens with zero attached hydrogens (tertiary/aromatic N) is 1. The van der Waals surface area contributed by atoms with Crippen LogP contribution >= 0.6 is 0 Å². The Morgan fingerprint density at radius 2 is 1.50 bits per heavy atom. The molecule has 0 aliphatic rings. The Bertz CT molecular complexity index is 1070. The van der Waals surface area contributed by atoms with Gasteiger partial charge < -0.3 is 0 Å². The third-order valence-corrected chi connectivity index (χ3v) is 3.83. The van der Waals surface area contributed by atoms with Crippen molar-refractivity contribution in [3.05, 3.63) is 82.6 Å². The first-order chi connectivity index (χ1) is 10.8. The monoisotopic (exact) mass is 288 g/mol. The summed E-state index contributed by atoms with van der Waals surface area (Å²) >= 11 is 0. The second-order valence-electron chi connectivity index (χ2n) is 5.13. The third-order valence-electron chi connectivity index (χ3n) is 3.83. The molecule has 0 amide bonds. The van der Waals surface area contributed by atoms with Crippen LogP contribution in [0.2, 0.25) is 0 Å². The number of benzene rings is 3. The molecule has 0 spiro atoms. The second kappa shape index (κ2) is 4.70. The predicted molar refractivity (Wildman–Crippen MR) is 86.2 cm³/mol. The van der Waals surface area contributed by atoms with Crippen molar-refractivity contribution in [3.63, 3.8) is 0 Å². The van der Waals surface area contributed by atoms with E-state index in [2.05, 4.69) is 5.10 Å². The molecule has 0 radical (unpaired) electrons. The van der Waals surface area contributed by atoms with Gasteiger partial charge in [0.2, 0.25) is 0 Å². The summed E-state index contributed by atoms with van der Waals surface area (Å²) in [6.45, 7) is 0. The van der Waals surface area contributed by atoms with E-state index in [0.29, 0.717) is 16.5 Å². The van der Waals surface area contributed by atoms with Crippen LogP contribution in [0.4, 0.5) is 0 Å². The van der Waals surface area contributed by atoms with E-state index in [0.717, 1.165) is 10.8 Å². The molecule has 0 saturated heterocycles. The van der Waals surface area contributed by atoms with Crippen molar-refractivity contribution in [2.45, 2.75) is 0 Å². The zero-order chi connectivity index (χ0) is 15.1. The number of fused-ring (bicyclic) bond motifs is 2. The van der Waals surface area contributed by atoms with Crippen molar-refractivity contribution in [1.29, 1.82) is 0 Å². The molecule has 0 bridgehead atoms. The van der Waals surface area contributed by atoms with Gasteiger partial charge in [0, 0.05) is 5.56 Å². The lowest BCUT2D eigenvalue weighted by Gasteiger charge is -2.07. The molecule has 1 heterocycles. The van der Waals surface area contributed by atoms with Crippen LogP contribution in [0.15, 0.2) is 71.5 Å². The number of aromatic nitrogens is 2. The lowest BCUT2D eigenvalue weighted by Crippen LogP contribution is -2.16. The normalized spacial score (nSPS) is 11.1. The molecule has 4 nitrogen and oxygen atoms in total. The summed E-state index contributed by atoms with van der Waals surface area (Å²) in [4.78, 5) is 24.9. The van der Waals surface area contributed by atoms with Gasteiger partial charge in [-0.05, 0) is 29.0 Å². The van der Waals surface area contributed by atoms with Crippen molar-refractivity contribution in [1.82, 2.24) is 9.78 Å². The summed E-state index contributed by atoms with van der Waals surface area (Å²) in [5.74, 6) is -0.241. The maximum atomic E-state index is 12.9. The SMILES string of the molecule is O=C(c1cccc2ccccc12)n1[nH]c(=O)c2ccccc21. The molecule has 4 rings (SSSR count). The summed E-state index contributed by atoms with van der Waals surface area (Å²) in [7, 11) is 0. The van der Waals surface area contributed by atoms with E-state index in [1.165, 1.54) is 4.68 Å². The molecule has 0 aliphatic heterocycles. The van der Waals surface area contributed by atoms with Crippen LogP contribution < -0.4 is 5.56 Å². The highest BCUT2D eigenvalue weighted by Crippen LogP contribution is 2.20. The summed E-state index contributed by atoms with van der Waals surface area (Å²) in [6, 6.07) is 20.3. The lowest BCUT2D eigenvalue weighted by atomic mass is 10.0. The van der Waals surface area contributed by atoms with Gasteiger partial charge in [0.1, 0.15) is 0 Å². The first kappa shape index (κ1) is 12.6. The van der Waals surface area contributed by atoms with Crippen LogP contribution in [-0.4, -0.2) is 15.7 Å². The highest BCUT2D eigenvalue weighted by atomic mass is 16.2. The number of nitrogens with one attached hydrogen (secondary N) is 1. The Hall–Kier alpha value is -3.14. The van der Waals surface area contributed by atoms with Crippen LogP contribution in [-0.2, 0) is 0 Å². The topological polar surface area (TPSA) is 54.9 Å². The van der Waals surface area contributed by atoms with Gasteiger partial charge in [0.25, 0.3) is 11.5 Å². The van der Waals surface area contributed by atoms with Gasteiger partial charge in [-0.15, -0.1) is 0 Å². The lowest BCUT2D eigenvalue weighted by molar-refractivity contribution is 0.0951. The Kier molecular flexibility index (Phi) is 2.69. The first-order valence-electron chi connectivity index (χ1n) is 6.98. The van der Waals surface area contributed by atoms with E-state index < -0.39 is 0 Å². The molecule has 1 N–H and O–H groups in total. The van der Waals surface area contributed by atoms with E-state index >= 15 is 0 Å². The fourth-order valence-electron chi connectivity index (χ4n) is 2.78. The molecule has 0 saturated carbocycles. The van der Waals surface area contributed by atoms with Gasteiger partial charge in [-0.3, -0.25) is 14.7 Å². The smallest absolute Gasteiger partial charge is 0.267 e. The number of carbonyl (C=O) groups excluding carboxylic acids is 1.